The van der Waals surface area contributed by atoms with Gasteiger partial charge >= 0.3 is 12.0 Å². The Bertz CT molecular complexity index is 678. The normalized spacial score (nSPS) is 14.3. The number of thiocarbonyl (C=S) groups is 1. The first-order chi connectivity index (χ1) is 13.0. The number of ether oxygens (including phenoxy) is 1. The topological polar surface area (TPSA) is 87.7 Å². The van der Waals surface area contributed by atoms with Crippen molar-refractivity contribution in [2.75, 3.05) is 25.4 Å². The molecule has 1 aromatic carbocycles. The van der Waals surface area contributed by atoms with Crippen molar-refractivity contribution in [3.63, 3.8) is 0 Å². The van der Waals surface area contributed by atoms with Gasteiger partial charge in [0.05, 0.1) is 5.75 Å². The molecule has 0 spiro atoms. The molecule has 2 N–H and O–H groups in total. The quantitative estimate of drug-likeness (QED) is 0.550. The minimum atomic E-state index is -1.21. The molecule has 0 aromatic heterocycles. The molecule has 2 rings (SSSR count). The molecule has 1 aliphatic rings. The number of urea groups is 1. The van der Waals surface area contributed by atoms with Gasteiger partial charge in [-0.2, -0.15) is 0 Å². The lowest BCUT2D eigenvalue weighted by atomic mass is 10.1. The summed E-state index contributed by atoms with van der Waals surface area (Å²) in [6.07, 6.45) is 0.991. The van der Waals surface area contributed by atoms with Crippen molar-refractivity contribution >= 4 is 46.2 Å². The van der Waals surface area contributed by atoms with Crippen LogP contribution < -0.4 is 10.6 Å². The SMILES string of the molecule is CCNC(=O)NC(=O)[C@@H](OC(=O)CSC(=S)N1CCCC1)c1ccccc1. The van der Waals surface area contributed by atoms with Gasteiger partial charge in [0, 0.05) is 25.2 Å². The third-order valence-electron chi connectivity index (χ3n) is 3.84. The van der Waals surface area contributed by atoms with Crippen LogP contribution in [0.15, 0.2) is 30.3 Å². The van der Waals surface area contributed by atoms with Crippen molar-refractivity contribution in [3.8, 4) is 0 Å². The van der Waals surface area contributed by atoms with Gasteiger partial charge in [0.1, 0.15) is 4.32 Å². The number of carbonyl (C=O) groups is 3. The summed E-state index contributed by atoms with van der Waals surface area (Å²) in [5.41, 5.74) is 0.486. The molecule has 1 aliphatic heterocycles. The number of imide groups is 1. The number of likely N-dealkylation sites (tertiary alicyclic amines) is 1. The van der Waals surface area contributed by atoms with Gasteiger partial charge in [-0.1, -0.05) is 54.3 Å². The summed E-state index contributed by atoms with van der Waals surface area (Å²) in [7, 11) is 0. The van der Waals surface area contributed by atoms with E-state index < -0.39 is 24.0 Å². The first-order valence-electron chi connectivity index (χ1n) is 8.76. The Balaban J connectivity index is 1.96. The van der Waals surface area contributed by atoms with Crippen LogP contribution in [0.1, 0.15) is 31.4 Å². The molecule has 1 heterocycles. The second-order valence-electron chi connectivity index (χ2n) is 5.88. The average Bonchev–Trinajstić information content (AvgIpc) is 3.19. The predicted octanol–water partition coefficient (Wildman–Crippen LogP) is 2.23. The minimum absolute atomic E-state index is 0.00705. The fourth-order valence-corrected chi connectivity index (χ4v) is 3.59. The third-order valence-corrected chi connectivity index (χ3v) is 5.34. The summed E-state index contributed by atoms with van der Waals surface area (Å²) in [4.78, 5) is 38.4. The van der Waals surface area contributed by atoms with Crippen molar-refractivity contribution < 1.29 is 19.1 Å². The van der Waals surface area contributed by atoms with Gasteiger partial charge in [0.15, 0.2) is 0 Å². The highest BCUT2D eigenvalue weighted by Crippen LogP contribution is 2.20. The fraction of sp³-hybridized carbons (Fsp3) is 0.444. The van der Waals surface area contributed by atoms with Crippen molar-refractivity contribution in [2.45, 2.75) is 25.9 Å². The van der Waals surface area contributed by atoms with Crippen LogP contribution in [0.2, 0.25) is 0 Å². The number of nitrogens with zero attached hydrogens (tertiary/aromatic N) is 1. The molecule has 0 unspecified atom stereocenters. The summed E-state index contributed by atoms with van der Waals surface area (Å²) < 4.78 is 6.02. The van der Waals surface area contributed by atoms with Gasteiger partial charge in [-0.25, -0.2) is 4.79 Å². The number of esters is 1. The monoisotopic (exact) mass is 409 g/mol. The zero-order valence-corrected chi connectivity index (χ0v) is 16.7. The highest BCUT2D eigenvalue weighted by molar-refractivity contribution is 8.23. The zero-order chi connectivity index (χ0) is 19.6. The first-order valence-corrected chi connectivity index (χ1v) is 10.2. The fourth-order valence-electron chi connectivity index (χ4n) is 2.56. The Kier molecular flexibility index (Phi) is 8.53. The number of rotatable bonds is 6. The van der Waals surface area contributed by atoms with E-state index in [-0.39, 0.29) is 5.75 Å². The number of carbonyl (C=O) groups excluding carboxylic acids is 3. The van der Waals surface area contributed by atoms with Crippen LogP contribution in [0.4, 0.5) is 4.79 Å². The maximum absolute atomic E-state index is 12.4. The number of amides is 3. The number of hydrogen-bond acceptors (Lipinski definition) is 6. The highest BCUT2D eigenvalue weighted by Gasteiger charge is 2.27. The average molecular weight is 410 g/mol. The Morgan fingerprint density at radius 2 is 1.89 bits per heavy atom. The molecule has 1 aromatic rings. The minimum Gasteiger partial charge on any atom is -0.447 e. The maximum atomic E-state index is 12.4. The number of benzene rings is 1. The van der Waals surface area contributed by atoms with Gasteiger partial charge in [-0.3, -0.25) is 14.9 Å². The van der Waals surface area contributed by atoms with Crippen molar-refractivity contribution in [1.29, 1.82) is 0 Å². The molecule has 0 aliphatic carbocycles. The summed E-state index contributed by atoms with van der Waals surface area (Å²) in [5, 5.41) is 4.66. The van der Waals surface area contributed by atoms with Crippen LogP contribution in [0.5, 0.6) is 0 Å². The molecule has 0 radical (unpaired) electrons. The molecule has 27 heavy (non-hydrogen) atoms. The van der Waals surface area contributed by atoms with Crippen LogP contribution in [0, 0.1) is 0 Å². The van der Waals surface area contributed by atoms with Gasteiger partial charge < -0.3 is 15.0 Å². The molecule has 146 valence electrons. The largest absolute Gasteiger partial charge is 0.447 e. The number of thioether (sulfide) groups is 1. The molecule has 3 amide bonds. The van der Waals surface area contributed by atoms with E-state index in [2.05, 4.69) is 15.5 Å². The number of hydrogen-bond donors (Lipinski definition) is 2. The number of nitrogens with one attached hydrogen (secondary N) is 2. The third kappa shape index (κ3) is 6.84. The van der Waals surface area contributed by atoms with Gasteiger partial charge in [0.2, 0.25) is 6.10 Å². The van der Waals surface area contributed by atoms with Crippen molar-refractivity contribution in [3.05, 3.63) is 35.9 Å². The molecule has 0 saturated carbocycles. The van der Waals surface area contributed by atoms with Gasteiger partial charge in [-0.15, -0.1) is 0 Å². The second-order valence-corrected chi connectivity index (χ2v) is 7.49. The molecule has 9 heteroatoms. The van der Waals surface area contributed by atoms with Gasteiger partial charge in [0.25, 0.3) is 5.91 Å². The van der Waals surface area contributed by atoms with Crippen molar-refractivity contribution in [2.24, 2.45) is 0 Å². The molecule has 1 fully saturated rings. The van der Waals surface area contributed by atoms with Crippen LogP contribution in [-0.2, 0) is 14.3 Å². The van der Waals surface area contributed by atoms with E-state index in [4.69, 9.17) is 17.0 Å². The summed E-state index contributed by atoms with van der Waals surface area (Å²) >= 11 is 6.55. The maximum Gasteiger partial charge on any atom is 0.321 e. The van der Waals surface area contributed by atoms with E-state index in [9.17, 15) is 14.4 Å². The van der Waals surface area contributed by atoms with E-state index in [0.717, 1.165) is 25.9 Å². The Morgan fingerprint density at radius 3 is 2.52 bits per heavy atom. The molecular weight excluding hydrogens is 386 g/mol. The Hall–Kier alpha value is -2.13. The van der Waals surface area contributed by atoms with E-state index in [1.54, 1.807) is 37.3 Å². The summed E-state index contributed by atoms with van der Waals surface area (Å²) in [5.74, 6) is -1.26. The smallest absolute Gasteiger partial charge is 0.321 e. The van der Waals surface area contributed by atoms with Crippen LogP contribution in [-0.4, -0.2) is 52.5 Å². The van der Waals surface area contributed by atoms with E-state index in [1.165, 1.54) is 11.8 Å². The Morgan fingerprint density at radius 1 is 1.22 bits per heavy atom. The highest BCUT2D eigenvalue weighted by atomic mass is 32.2. The Labute approximate surface area is 168 Å². The summed E-state index contributed by atoms with van der Waals surface area (Å²) in [6, 6.07) is 7.94. The van der Waals surface area contributed by atoms with Crippen LogP contribution >= 0.6 is 24.0 Å². The molecule has 0 bridgehead atoms. The van der Waals surface area contributed by atoms with Crippen LogP contribution in [0.3, 0.4) is 0 Å². The first kappa shape index (κ1) is 21.2. The molecule has 1 saturated heterocycles. The van der Waals surface area contributed by atoms with Crippen LogP contribution in [0.25, 0.3) is 0 Å². The lowest BCUT2D eigenvalue weighted by Crippen LogP contribution is -2.42. The predicted molar refractivity (Wildman–Crippen MR) is 108 cm³/mol. The second kappa shape index (κ2) is 10.9. The standard InChI is InChI=1S/C18H23N3O4S2/c1-2-19-17(24)20-16(23)15(13-8-4-3-5-9-13)25-14(22)12-27-18(26)21-10-6-7-11-21/h3-5,8-9,15H,2,6-7,10-12H2,1H3,(H2,19,20,23,24)/t15-/m0/s1. The van der Waals surface area contributed by atoms with E-state index in [0.29, 0.717) is 16.4 Å². The van der Waals surface area contributed by atoms with E-state index >= 15 is 0 Å². The lowest BCUT2D eigenvalue weighted by Gasteiger charge is -2.19. The van der Waals surface area contributed by atoms with Gasteiger partial charge in [-0.05, 0) is 19.8 Å². The van der Waals surface area contributed by atoms with Crippen molar-refractivity contribution in [1.82, 2.24) is 15.5 Å². The summed E-state index contributed by atoms with van der Waals surface area (Å²) in [6.45, 7) is 3.92. The lowest BCUT2D eigenvalue weighted by molar-refractivity contribution is -0.153. The van der Waals surface area contributed by atoms with E-state index in [1.807, 2.05) is 0 Å². The molecule has 1 atom stereocenters. The molecular formula is C18H23N3O4S2. The zero-order valence-electron chi connectivity index (χ0n) is 15.1. The molecule has 7 nitrogen and oxygen atoms in total.